The van der Waals surface area contributed by atoms with E-state index in [0.717, 1.165) is 30.0 Å². The highest BCUT2D eigenvalue weighted by atomic mass is 35.5. The quantitative estimate of drug-likeness (QED) is 0.738. The smallest absolute Gasteiger partial charge is 0.245 e. The van der Waals surface area contributed by atoms with Crippen LogP contribution in [0.3, 0.4) is 0 Å². The molecule has 2 aliphatic heterocycles. The van der Waals surface area contributed by atoms with Gasteiger partial charge < -0.3 is 9.80 Å². The second kappa shape index (κ2) is 8.76. The van der Waals surface area contributed by atoms with Gasteiger partial charge in [0, 0.05) is 24.7 Å². The van der Waals surface area contributed by atoms with E-state index in [1.807, 2.05) is 0 Å². The van der Waals surface area contributed by atoms with Crippen molar-refractivity contribution in [3.8, 4) is 0 Å². The van der Waals surface area contributed by atoms with Crippen LogP contribution >= 0.6 is 11.6 Å². The lowest BCUT2D eigenvalue weighted by Gasteiger charge is -2.32. The molecule has 0 spiro atoms. The van der Waals surface area contributed by atoms with Crippen LogP contribution in [0.2, 0.25) is 5.02 Å². The van der Waals surface area contributed by atoms with Crippen LogP contribution in [0.15, 0.2) is 41.3 Å². The Morgan fingerprint density at radius 3 is 2.48 bits per heavy atom. The third-order valence-electron chi connectivity index (χ3n) is 6.11. The molecule has 166 valence electrons. The van der Waals surface area contributed by atoms with Crippen molar-refractivity contribution in [3.63, 3.8) is 0 Å². The fourth-order valence-corrected chi connectivity index (χ4v) is 5.76. The molecule has 0 radical (unpaired) electrons. The molecule has 2 atom stereocenters. The number of hydrogen-bond donors (Lipinski definition) is 1. The highest BCUT2D eigenvalue weighted by Crippen LogP contribution is 2.24. The molecule has 0 aliphatic carbocycles. The largest absolute Gasteiger partial charge is 0.341 e. The summed E-state index contributed by atoms with van der Waals surface area (Å²) in [4.78, 5) is 29.1. The Hall–Kier alpha value is -2.16. The summed E-state index contributed by atoms with van der Waals surface area (Å²) in [6.45, 7) is 3.51. The van der Waals surface area contributed by atoms with Crippen molar-refractivity contribution in [2.24, 2.45) is 0 Å². The van der Waals surface area contributed by atoms with Gasteiger partial charge in [0.25, 0.3) is 0 Å². The molecule has 7 nitrogen and oxygen atoms in total. The van der Waals surface area contributed by atoms with Gasteiger partial charge in [0.15, 0.2) is 0 Å². The fourth-order valence-electron chi connectivity index (χ4n) is 4.32. The molecule has 2 aromatic rings. The zero-order valence-corrected chi connectivity index (χ0v) is 19.0. The first-order chi connectivity index (χ1) is 14.8. The molecular formula is C22H26ClN3O4S. The van der Waals surface area contributed by atoms with E-state index >= 15 is 0 Å². The Balaban J connectivity index is 1.46. The molecule has 2 fully saturated rings. The Labute approximate surface area is 187 Å². The lowest BCUT2D eigenvalue weighted by atomic mass is 10.1. The molecule has 2 aliphatic rings. The zero-order chi connectivity index (χ0) is 22.2. The van der Waals surface area contributed by atoms with Gasteiger partial charge in [0.05, 0.1) is 4.90 Å². The van der Waals surface area contributed by atoms with E-state index in [9.17, 15) is 18.0 Å². The number of hydrogen-bond acceptors (Lipinski definition) is 4. The number of amides is 2. The lowest BCUT2D eigenvalue weighted by molar-refractivity contribution is -0.143. The SMILES string of the molecule is C[C@H](C(=O)N1CCCCC1)N1CCC(NS(=O)(=O)c2ccc3cc(Cl)ccc3c2)C1=O. The topological polar surface area (TPSA) is 86.8 Å². The summed E-state index contributed by atoms with van der Waals surface area (Å²) in [5.74, 6) is -0.418. The Morgan fingerprint density at radius 2 is 1.74 bits per heavy atom. The molecule has 0 aromatic heterocycles. The molecule has 2 aromatic carbocycles. The van der Waals surface area contributed by atoms with Crippen LogP contribution in [0, 0.1) is 0 Å². The normalized spacial score (nSPS) is 21.0. The summed E-state index contributed by atoms with van der Waals surface area (Å²) in [6.07, 6.45) is 3.41. The monoisotopic (exact) mass is 463 g/mol. The predicted molar refractivity (Wildman–Crippen MR) is 119 cm³/mol. The summed E-state index contributed by atoms with van der Waals surface area (Å²) >= 11 is 5.99. The summed E-state index contributed by atoms with van der Waals surface area (Å²) < 4.78 is 28.4. The zero-order valence-electron chi connectivity index (χ0n) is 17.4. The van der Waals surface area contributed by atoms with Crippen molar-refractivity contribution in [1.82, 2.24) is 14.5 Å². The van der Waals surface area contributed by atoms with Crippen LogP contribution in [-0.4, -0.2) is 61.7 Å². The van der Waals surface area contributed by atoms with E-state index in [0.29, 0.717) is 31.1 Å². The molecular weight excluding hydrogens is 438 g/mol. The molecule has 2 amide bonds. The average Bonchev–Trinajstić information content (AvgIpc) is 3.12. The third-order valence-corrected chi connectivity index (χ3v) is 7.82. The van der Waals surface area contributed by atoms with Gasteiger partial charge in [-0.15, -0.1) is 0 Å². The molecule has 0 saturated carbocycles. The van der Waals surface area contributed by atoms with Crippen LogP contribution in [0.5, 0.6) is 0 Å². The Morgan fingerprint density at radius 1 is 1.06 bits per heavy atom. The van der Waals surface area contributed by atoms with Crippen molar-refractivity contribution >= 4 is 44.2 Å². The van der Waals surface area contributed by atoms with Gasteiger partial charge in [-0.1, -0.05) is 23.7 Å². The highest BCUT2D eigenvalue weighted by molar-refractivity contribution is 7.89. The summed E-state index contributed by atoms with van der Waals surface area (Å²) in [7, 11) is -3.89. The Kier molecular flexibility index (Phi) is 6.23. The molecule has 2 heterocycles. The van der Waals surface area contributed by atoms with Gasteiger partial charge in [-0.05, 0) is 67.6 Å². The standard InChI is InChI=1S/C22H26ClN3O4S/c1-15(21(27)25-10-3-2-4-11-25)26-12-9-20(22(26)28)24-31(29,30)19-8-6-16-13-18(23)7-5-17(16)14-19/h5-8,13-15,20,24H,2-4,9-12H2,1H3/t15-,20?/m1/s1. The minimum Gasteiger partial charge on any atom is -0.341 e. The average molecular weight is 464 g/mol. The van der Waals surface area contributed by atoms with E-state index in [4.69, 9.17) is 11.6 Å². The number of likely N-dealkylation sites (tertiary alicyclic amines) is 2. The van der Waals surface area contributed by atoms with Gasteiger partial charge in [0.1, 0.15) is 12.1 Å². The maximum atomic E-state index is 12.9. The van der Waals surface area contributed by atoms with E-state index in [1.54, 1.807) is 42.2 Å². The minimum absolute atomic E-state index is 0.0650. The third kappa shape index (κ3) is 4.56. The molecule has 9 heteroatoms. The molecule has 1 N–H and O–H groups in total. The fraction of sp³-hybridized carbons (Fsp3) is 0.455. The summed E-state index contributed by atoms with van der Waals surface area (Å²) in [5, 5.41) is 2.15. The first kappa shape index (κ1) is 22.0. The van der Waals surface area contributed by atoms with Crippen LogP contribution in [0.4, 0.5) is 0 Å². The Bertz CT molecular complexity index is 1110. The first-order valence-corrected chi connectivity index (χ1v) is 12.4. The molecule has 0 bridgehead atoms. The van der Waals surface area contributed by atoms with Crippen molar-refractivity contribution in [3.05, 3.63) is 41.4 Å². The van der Waals surface area contributed by atoms with Crippen LogP contribution in [0.1, 0.15) is 32.6 Å². The molecule has 2 saturated heterocycles. The lowest BCUT2D eigenvalue weighted by Crippen LogP contribution is -2.51. The minimum atomic E-state index is -3.89. The van der Waals surface area contributed by atoms with E-state index < -0.39 is 22.1 Å². The molecule has 1 unspecified atom stereocenters. The summed E-state index contributed by atoms with van der Waals surface area (Å²) in [6, 6.07) is 8.51. The number of halogens is 1. The van der Waals surface area contributed by atoms with Gasteiger partial charge in [-0.25, -0.2) is 8.42 Å². The van der Waals surface area contributed by atoms with Gasteiger partial charge in [0.2, 0.25) is 21.8 Å². The second-order valence-electron chi connectivity index (χ2n) is 8.21. The number of carbonyl (C=O) groups excluding carboxylic acids is 2. The van der Waals surface area contributed by atoms with Crippen molar-refractivity contribution in [2.45, 2.75) is 49.6 Å². The van der Waals surface area contributed by atoms with Crippen molar-refractivity contribution in [2.75, 3.05) is 19.6 Å². The number of sulfonamides is 1. The van der Waals surface area contributed by atoms with Crippen LogP contribution in [-0.2, 0) is 19.6 Å². The second-order valence-corrected chi connectivity index (χ2v) is 10.4. The van der Waals surface area contributed by atoms with Gasteiger partial charge in [-0.2, -0.15) is 4.72 Å². The number of carbonyl (C=O) groups is 2. The first-order valence-electron chi connectivity index (χ1n) is 10.6. The van der Waals surface area contributed by atoms with Gasteiger partial charge >= 0.3 is 0 Å². The van der Waals surface area contributed by atoms with E-state index in [-0.39, 0.29) is 16.7 Å². The van der Waals surface area contributed by atoms with Crippen molar-refractivity contribution < 1.29 is 18.0 Å². The van der Waals surface area contributed by atoms with Crippen LogP contribution in [0.25, 0.3) is 10.8 Å². The number of fused-ring (bicyclic) bond motifs is 1. The number of nitrogens with one attached hydrogen (secondary N) is 1. The summed E-state index contributed by atoms with van der Waals surface area (Å²) in [5.41, 5.74) is 0. The maximum Gasteiger partial charge on any atom is 0.245 e. The van der Waals surface area contributed by atoms with Gasteiger partial charge in [-0.3, -0.25) is 9.59 Å². The van der Waals surface area contributed by atoms with E-state index in [1.165, 1.54) is 11.0 Å². The highest BCUT2D eigenvalue weighted by Gasteiger charge is 2.40. The number of nitrogens with zero attached hydrogens (tertiary/aromatic N) is 2. The molecule has 31 heavy (non-hydrogen) atoms. The van der Waals surface area contributed by atoms with Crippen LogP contribution < -0.4 is 4.72 Å². The predicted octanol–water partition coefficient (Wildman–Crippen LogP) is 2.77. The molecule has 4 rings (SSSR count). The number of piperidine rings is 1. The van der Waals surface area contributed by atoms with Crippen molar-refractivity contribution in [1.29, 1.82) is 0 Å². The number of benzene rings is 2. The van der Waals surface area contributed by atoms with E-state index in [2.05, 4.69) is 4.72 Å². The maximum absolute atomic E-state index is 12.9. The number of rotatable bonds is 5.